The van der Waals surface area contributed by atoms with E-state index in [0.717, 1.165) is 22.2 Å². The van der Waals surface area contributed by atoms with Gasteiger partial charge >= 0.3 is 0 Å². The van der Waals surface area contributed by atoms with E-state index in [1.807, 2.05) is 61.5 Å². The summed E-state index contributed by atoms with van der Waals surface area (Å²) < 4.78 is 0. The van der Waals surface area contributed by atoms with Crippen molar-refractivity contribution in [3.05, 3.63) is 72.1 Å². The predicted octanol–water partition coefficient (Wildman–Crippen LogP) is 3.80. The summed E-state index contributed by atoms with van der Waals surface area (Å²) in [6, 6.07) is 19.3. The summed E-state index contributed by atoms with van der Waals surface area (Å²) in [7, 11) is 0. The van der Waals surface area contributed by atoms with Gasteiger partial charge in [0, 0.05) is 11.4 Å². The highest BCUT2D eigenvalue weighted by Crippen LogP contribution is 2.19. The fourth-order valence-corrected chi connectivity index (χ4v) is 2.13. The van der Waals surface area contributed by atoms with E-state index in [9.17, 15) is 4.79 Å². The number of hydrogen-bond donors (Lipinski definition) is 1. The fraction of sp³-hybridized carbons (Fsp3) is 0.0588. The number of carbonyl (C=O) groups is 1. The van der Waals surface area contributed by atoms with Crippen LogP contribution in [-0.4, -0.2) is 10.9 Å². The first-order valence-electron chi connectivity index (χ1n) is 6.46. The third-order valence-electron chi connectivity index (χ3n) is 3.13. The normalized spacial score (nSPS) is 10.4. The smallest absolute Gasteiger partial charge is 0.274 e. The second kappa shape index (κ2) is 5.13. The van der Waals surface area contributed by atoms with Crippen molar-refractivity contribution >= 4 is 22.4 Å². The maximum atomic E-state index is 12.1. The van der Waals surface area contributed by atoms with Crippen LogP contribution in [0.4, 0.5) is 5.69 Å². The predicted molar refractivity (Wildman–Crippen MR) is 80.9 cm³/mol. The Hall–Kier alpha value is -2.68. The second-order valence-electron chi connectivity index (χ2n) is 4.68. The first kappa shape index (κ1) is 12.4. The molecular formula is C17H14N2O. The van der Waals surface area contributed by atoms with Crippen LogP contribution in [0.25, 0.3) is 10.8 Å². The van der Waals surface area contributed by atoms with Crippen LogP contribution in [0.2, 0.25) is 0 Å². The SMILES string of the molecule is Cc1cccc(C(=O)Nc2ccc3ccccc3c2)n1. The van der Waals surface area contributed by atoms with Gasteiger partial charge in [-0.25, -0.2) is 4.98 Å². The maximum Gasteiger partial charge on any atom is 0.274 e. The number of amides is 1. The first-order chi connectivity index (χ1) is 9.72. The van der Waals surface area contributed by atoms with Crippen LogP contribution >= 0.6 is 0 Å². The highest BCUT2D eigenvalue weighted by molar-refractivity contribution is 6.03. The Morgan fingerprint density at radius 3 is 2.55 bits per heavy atom. The Kier molecular flexibility index (Phi) is 3.17. The van der Waals surface area contributed by atoms with Gasteiger partial charge in [0.2, 0.25) is 0 Å². The number of carbonyl (C=O) groups excluding carboxylic acids is 1. The molecule has 0 aliphatic heterocycles. The zero-order valence-corrected chi connectivity index (χ0v) is 11.1. The molecule has 0 fully saturated rings. The summed E-state index contributed by atoms with van der Waals surface area (Å²) in [5, 5.41) is 5.13. The summed E-state index contributed by atoms with van der Waals surface area (Å²) in [6.07, 6.45) is 0. The third kappa shape index (κ3) is 2.52. The lowest BCUT2D eigenvalue weighted by molar-refractivity contribution is 0.102. The van der Waals surface area contributed by atoms with Crippen molar-refractivity contribution in [3.8, 4) is 0 Å². The van der Waals surface area contributed by atoms with Gasteiger partial charge in [-0.1, -0.05) is 36.4 Å². The Bertz CT molecular complexity index is 781. The van der Waals surface area contributed by atoms with E-state index in [1.54, 1.807) is 6.07 Å². The molecule has 0 aliphatic carbocycles. The summed E-state index contributed by atoms with van der Waals surface area (Å²) in [6.45, 7) is 1.87. The van der Waals surface area contributed by atoms with Gasteiger partial charge in [-0.3, -0.25) is 4.79 Å². The Morgan fingerprint density at radius 2 is 1.75 bits per heavy atom. The molecule has 0 aliphatic rings. The monoisotopic (exact) mass is 262 g/mol. The van der Waals surface area contributed by atoms with Crippen molar-refractivity contribution in [1.82, 2.24) is 4.98 Å². The number of anilines is 1. The van der Waals surface area contributed by atoms with Crippen molar-refractivity contribution < 1.29 is 4.79 Å². The number of nitrogens with one attached hydrogen (secondary N) is 1. The molecule has 3 nitrogen and oxygen atoms in total. The topological polar surface area (TPSA) is 42.0 Å². The van der Waals surface area contributed by atoms with E-state index >= 15 is 0 Å². The van der Waals surface area contributed by atoms with Gasteiger partial charge in [-0.2, -0.15) is 0 Å². The Morgan fingerprint density at radius 1 is 0.950 bits per heavy atom. The van der Waals surface area contributed by atoms with Gasteiger partial charge in [0.1, 0.15) is 5.69 Å². The Balaban J connectivity index is 1.87. The minimum Gasteiger partial charge on any atom is -0.321 e. The van der Waals surface area contributed by atoms with Gasteiger partial charge in [0.05, 0.1) is 0 Å². The molecule has 3 rings (SSSR count). The van der Waals surface area contributed by atoms with E-state index in [4.69, 9.17) is 0 Å². The minimum absolute atomic E-state index is 0.191. The molecular weight excluding hydrogens is 248 g/mol. The number of nitrogens with zero attached hydrogens (tertiary/aromatic N) is 1. The molecule has 0 spiro atoms. The van der Waals surface area contributed by atoms with Crippen LogP contribution < -0.4 is 5.32 Å². The lowest BCUT2D eigenvalue weighted by atomic mass is 10.1. The van der Waals surface area contributed by atoms with Crippen LogP contribution in [0.5, 0.6) is 0 Å². The van der Waals surface area contributed by atoms with Crippen LogP contribution in [0.1, 0.15) is 16.2 Å². The minimum atomic E-state index is -0.191. The average molecular weight is 262 g/mol. The molecule has 20 heavy (non-hydrogen) atoms. The van der Waals surface area contributed by atoms with Gasteiger partial charge < -0.3 is 5.32 Å². The van der Waals surface area contributed by atoms with Gasteiger partial charge in [-0.15, -0.1) is 0 Å². The van der Waals surface area contributed by atoms with Crippen molar-refractivity contribution in [2.45, 2.75) is 6.92 Å². The number of aryl methyl sites for hydroxylation is 1. The molecule has 0 bridgehead atoms. The standard InChI is InChI=1S/C17H14N2O/c1-12-5-4-8-16(18-12)17(20)19-15-10-9-13-6-2-3-7-14(13)11-15/h2-11H,1H3,(H,19,20). The number of benzene rings is 2. The van der Waals surface area contributed by atoms with E-state index in [2.05, 4.69) is 10.3 Å². The number of aromatic nitrogens is 1. The molecule has 0 atom stereocenters. The highest BCUT2D eigenvalue weighted by atomic mass is 16.1. The van der Waals surface area contributed by atoms with Crippen LogP contribution in [-0.2, 0) is 0 Å². The average Bonchev–Trinajstić information content (AvgIpc) is 2.47. The fourth-order valence-electron chi connectivity index (χ4n) is 2.13. The molecule has 3 aromatic rings. The first-order valence-corrected chi connectivity index (χ1v) is 6.46. The molecule has 1 N–H and O–H groups in total. The summed E-state index contributed by atoms with van der Waals surface area (Å²) in [5.41, 5.74) is 2.03. The van der Waals surface area contributed by atoms with Crippen LogP contribution in [0.15, 0.2) is 60.7 Å². The van der Waals surface area contributed by atoms with E-state index < -0.39 is 0 Å². The summed E-state index contributed by atoms with van der Waals surface area (Å²) in [4.78, 5) is 16.3. The molecule has 0 saturated carbocycles. The van der Waals surface area contributed by atoms with Crippen molar-refractivity contribution in [2.24, 2.45) is 0 Å². The van der Waals surface area contributed by atoms with Crippen molar-refractivity contribution in [2.75, 3.05) is 5.32 Å². The van der Waals surface area contributed by atoms with E-state index in [0.29, 0.717) is 5.69 Å². The van der Waals surface area contributed by atoms with Gasteiger partial charge in [0.25, 0.3) is 5.91 Å². The quantitative estimate of drug-likeness (QED) is 0.763. The zero-order chi connectivity index (χ0) is 13.9. The molecule has 0 radical (unpaired) electrons. The van der Waals surface area contributed by atoms with E-state index in [-0.39, 0.29) is 5.91 Å². The van der Waals surface area contributed by atoms with Crippen molar-refractivity contribution in [3.63, 3.8) is 0 Å². The molecule has 0 saturated heterocycles. The third-order valence-corrected chi connectivity index (χ3v) is 3.13. The second-order valence-corrected chi connectivity index (χ2v) is 4.68. The van der Waals surface area contributed by atoms with Gasteiger partial charge in [-0.05, 0) is 42.0 Å². The summed E-state index contributed by atoms with van der Waals surface area (Å²) in [5.74, 6) is -0.191. The van der Waals surface area contributed by atoms with Crippen molar-refractivity contribution in [1.29, 1.82) is 0 Å². The Labute approximate surface area is 117 Å². The van der Waals surface area contributed by atoms with Crippen LogP contribution in [0, 0.1) is 6.92 Å². The van der Waals surface area contributed by atoms with Gasteiger partial charge in [0.15, 0.2) is 0 Å². The van der Waals surface area contributed by atoms with Crippen LogP contribution in [0.3, 0.4) is 0 Å². The number of rotatable bonds is 2. The van der Waals surface area contributed by atoms with E-state index in [1.165, 1.54) is 0 Å². The maximum absolute atomic E-state index is 12.1. The number of hydrogen-bond acceptors (Lipinski definition) is 2. The molecule has 3 heteroatoms. The lowest BCUT2D eigenvalue weighted by Gasteiger charge is -2.06. The number of fused-ring (bicyclic) bond motifs is 1. The molecule has 1 aromatic heterocycles. The largest absolute Gasteiger partial charge is 0.321 e. The molecule has 1 amide bonds. The highest BCUT2D eigenvalue weighted by Gasteiger charge is 2.07. The summed E-state index contributed by atoms with van der Waals surface area (Å²) >= 11 is 0. The molecule has 1 heterocycles. The molecule has 98 valence electrons. The number of pyridine rings is 1. The lowest BCUT2D eigenvalue weighted by Crippen LogP contribution is -2.13. The zero-order valence-electron chi connectivity index (χ0n) is 11.1. The molecule has 0 unspecified atom stereocenters. The molecule has 2 aromatic carbocycles.